The van der Waals surface area contributed by atoms with Gasteiger partial charge in [-0.3, -0.25) is 0 Å². The SMILES string of the molecule is c1ccc2c(c1)Oc1ccccc1N2c1ccc2cc3c(cc2c1)oc1c3ccc2oc3cc4cc(N5c6ccccc6Oc6ccccc65)ccc4cc3c21. The zero-order chi connectivity index (χ0) is 36.5. The Kier molecular flexibility index (Phi) is 5.80. The van der Waals surface area contributed by atoms with Gasteiger partial charge in [-0.15, -0.1) is 0 Å². The van der Waals surface area contributed by atoms with Crippen LogP contribution in [-0.4, -0.2) is 0 Å². The molecule has 9 aromatic carbocycles. The van der Waals surface area contributed by atoms with Gasteiger partial charge in [-0.2, -0.15) is 0 Å². The van der Waals surface area contributed by atoms with E-state index in [1.165, 1.54) is 0 Å². The molecule has 6 heteroatoms. The summed E-state index contributed by atoms with van der Waals surface area (Å²) >= 11 is 0. The van der Waals surface area contributed by atoms with Crippen molar-refractivity contribution in [1.82, 2.24) is 0 Å². The van der Waals surface area contributed by atoms with Gasteiger partial charge in [-0.25, -0.2) is 0 Å². The molecule has 0 amide bonds. The van der Waals surface area contributed by atoms with Gasteiger partial charge in [0, 0.05) is 27.5 Å². The number of ether oxygens (including phenoxy) is 2. The molecule has 0 saturated carbocycles. The molecule has 0 unspecified atom stereocenters. The lowest BCUT2D eigenvalue weighted by Gasteiger charge is -2.32. The summed E-state index contributed by atoms with van der Waals surface area (Å²) in [5.41, 5.74) is 9.41. The number of benzene rings is 9. The van der Waals surface area contributed by atoms with Crippen LogP contribution in [-0.2, 0) is 0 Å². The van der Waals surface area contributed by atoms with Gasteiger partial charge in [0.15, 0.2) is 23.0 Å². The summed E-state index contributed by atoms with van der Waals surface area (Å²) in [6, 6.07) is 58.9. The summed E-state index contributed by atoms with van der Waals surface area (Å²) in [7, 11) is 0. The maximum Gasteiger partial charge on any atom is 0.151 e. The number of anilines is 6. The fourth-order valence-electron chi connectivity index (χ4n) is 8.80. The van der Waals surface area contributed by atoms with Gasteiger partial charge >= 0.3 is 0 Å². The van der Waals surface area contributed by atoms with Crippen molar-refractivity contribution in [2.45, 2.75) is 0 Å². The van der Waals surface area contributed by atoms with Crippen molar-refractivity contribution >= 4 is 99.5 Å². The second-order valence-electron chi connectivity index (χ2n) is 14.5. The van der Waals surface area contributed by atoms with Gasteiger partial charge in [0.1, 0.15) is 22.3 Å². The van der Waals surface area contributed by atoms with E-state index in [9.17, 15) is 0 Å². The number of furan rings is 2. The Hall–Kier alpha value is -7.70. The topological polar surface area (TPSA) is 51.2 Å². The minimum Gasteiger partial charge on any atom is -0.456 e. The van der Waals surface area contributed by atoms with E-state index in [2.05, 4.69) is 107 Å². The number of hydrogen-bond donors (Lipinski definition) is 0. The smallest absolute Gasteiger partial charge is 0.151 e. The van der Waals surface area contributed by atoms with Crippen LogP contribution >= 0.6 is 0 Å². The molecule has 56 heavy (non-hydrogen) atoms. The standard InChI is InChI=1S/C50H28N2O4/c1-5-13-42-38(9-1)51(39-10-2-6-14-43(39)53-42)33-19-17-29-25-36-35-21-22-46-49(50(35)56-47(36)27-31(29)23-33)37-26-30-18-20-34(24-32(30)28-48(37)55-46)52-40-11-3-7-15-44(40)54-45-16-8-4-12-41(45)52/h1-28H. The van der Waals surface area contributed by atoms with E-state index in [0.717, 1.165) is 123 Å². The second-order valence-corrected chi connectivity index (χ2v) is 14.5. The summed E-state index contributed by atoms with van der Waals surface area (Å²) in [5.74, 6) is 3.32. The predicted octanol–water partition coefficient (Wildman–Crippen LogP) is 14.9. The molecule has 0 spiro atoms. The Bertz CT molecular complexity index is 3380. The fraction of sp³-hybridized carbons (Fsp3) is 0. The Balaban J connectivity index is 0.949. The zero-order valence-electron chi connectivity index (χ0n) is 29.7. The van der Waals surface area contributed by atoms with E-state index in [4.69, 9.17) is 18.3 Å². The maximum atomic E-state index is 6.80. The summed E-state index contributed by atoms with van der Waals surface area (Å²) in [4.78, 5) is 4.53. The van der Waals surface area contributed by atoms with Gasteiger partial charge in [-0.05, 0) is 131 Å². The molecule has 0 N–H and O–H groups in total. The van der Waals surface area contributed by atoms with Crippen LogP contribution in [0.5, 0.6) is 23.0 Å². The molecule has 0 atom stereocenters. The summed E-state index contributed by atoms with van der Waals surface area (Å²) in [5, 5.41) is 8.61. The van der Waals surface area contributed by atoms with Crippen LogP contribution in [0.3, 0.4) is 0 Å². The fourth-order valence-corrected chi connectivity index (χ4v) is 8.80. The van der Waals surface area contributed by atoms with Crippen molar-refractivity contribution in [1.29, 1.82) is 0 Å². The summed E-state index contributed by atoms with van der Waals surface area (Å²) in [6.07, 6.45) is 0. The highest BCUT2D eigenvalue weighted by atomic mass is 16.5. The molecule has 0 radical (unpaired) electrons. The van der Waals surface area contributed by atoms with E-state index >= 15 is 0 Å². The highest BCUT2D eigenvalue weighted by molar-refractivity contribution is 6.24. The van der Waals surface area contributed by atoms with Gasteiger partial charge in [0.05, 0.1) is 28.1 Å². The van der Waals surface area contributed by atoms with Crippen LogP contribution in [0.4, 0.5) is 34.1 Å². The van der Waals surface area contributed by atoms with Crippen LogP contribution in [0.2, 0.25) is 0 Å². The number of para-hydroxylation sites is 8. The maximum absolute atomic E-state index is 6.80. The molecule has 0 aliphatic carbocycles. The average Bonchev–Trinajstić information content (AvgIpc) is 3.79. The zero-order valence-corrected chi connectivity index (χ0v) is 29.7. The van der Waals surface area contributed by atoms with Gasteiger partial charge in [0.25, 0.3) is 0 Å². The third-order valence-corrected chi connectivity index (χ3v) is 11.3. The first-order valence-electron chi connectivity index (χ1n) is 18.7. The lowest BCUT2D eigenvalue weighted by Crippen LogP contribution is -2.15. The first-order chi connectivity index (χ1) is 27.7. The van der Waals surface area contributed by atoms with Crippen LogP contribution in [0, 0.1) is 0 Å². The second kappa shape index (κ2) is 10.9. The van der Waals surface area contributed by atoms with Crippen molar-refractivity contribution in [2.75, 3.05) is 9.80 Å². The molecule has 4 heterocycles. The van der Waals surface area contributed by atoms with Crippen molar-refractivity contribution in [3.63, 3.8) is 0 Å². The Morgan fingerprint density at radius 2 is 0.786 bits per heavy atom. The van der Waals surface area contributed by atoms with Crippen molar-refractivity contribution in [2.24, 2.45) is 0 Å². The molecular formula is C50H28N2O4. The Labute approximate surface area is 319 Å². The van der Waals surface area contributed by atoms with Crippen molar-refractivity contribution in [3.05, 3.63) is 170 Å². The third kappa shape index (κ3) is 4.15. The molecule has 2 aromatic heterocycles. The summed E-state index contributed by atoms with van der Waals surface area (Å²) in [6.45, 7) is 0. The highest BCUT2D eigenvalue weighted by Gasteiger charge is 2.27. The van der Waals surface area contributed by atoms with Gasteiger partial charge in [0.2, 0.25) is 0 Å². The van der Waals surface area contributed by atoms with E-state index in [1.807, 2.05) is 72.8 Å². The molecule has 0 saturated heterocycles. The molecule has 2 aliphatic heterocycles. The quantitative estimate of drug-likeness (QED) is 0.177. The van der Waals surface area contributed by atoms with E-state index in [1.54, 1.807) is 0 Å². The number of rotatable bonds is 2. The molecule has 13 rings (SSSR count). The molecule has 0 bridgehead atoms. The van der Waals surface area contributed by atoms with Crippen molar-refractivity contribution < 1.29 is 18.3 Å². The lowest BCUT2D eigenvalue weighted by molar-refractivity contribution is 0.477. The Morgan fingerprint density at radius 1 is 0.321 bits per heavy atom. The van der Waals surface area contributed by atoms with E-state index in [0.29, 0.717) is 0 Å². The lowest BCUT2D eigenvalue weighted by atomic mass is 10.0. The summed E-state index contributed by atoms with van der Waals surface area (Å²) < 4.78 is 25.9. The number of fused-ring (bicyclic) bond motifs is 13. The average molecular weight is 721 g/mol. The minimum atomic E-state index is 0.801. The molecule has 2 aliphatic rings. The first kappa shape index (κ1) is 29.7. The number of hydrogen-bond acceptors (Lipinski definition) is 6. The van der Waals surface area contributed by atoms with Crippen LogP contribution in [0.1, 0.15) is 0 Å². The molecular weight excluding hydrogens is 693 g/mol. The van der Waals surface area contributed by atoms with Crippen LogP contribution in [0.25, 0.3) is 65.4 Å². The van der Waals surface area contributed by atoms with E-state index < -0.39 is 0 Å². The Morgan fingerprint density at radius 3 is 1.30 bits per heavy atom. The number of nitrogens with zero attached hydrogens (tertiary/aromatic N) is 2. The van der Waals surface area contributed by atoms with Crippen molar-refractivity contribution in [3.8, 4) is 23.0 Å². The molecule has 262 valence electrons. The van der Waals surface area contributed by atoms with Crippen LogP contribution < -0.4 is 19.3 Å². The molecule has 11 aromatic rings. The van der Waals surface area contributed by atoms with Crippen LogP contribution in [0.15, 0.2) is 179 Å². The predicted molar refractivity (Wildman–Crippen MR) is 226 cm³/mol. The molecule has 0 fully saturated rings. The third-order valence-electron chi connectivity index (χ3n) is 11.3. The normalized spacial score (nSPS) is 13.2. The van der Waals surface area contributed by atoms with E-state index in [-0.39, 0.29) is 0 Å². The largest absolute Gasteiger partial charge is 0.456 e. The van der Waals surface area contributed by atoms with Gasteiger partial charge < -0.3 is 28.1 Å². The van der Waals surface area contributed by atoms with Gasteiger partial charge in [-0.1, -0.05) is 60.7 Å². The monoisotopic (exact) mass is 720 g/mol. The highest BCUT2D eigenvalue weighted by Crippen LogP contribution is 2.52. The first-order valence-corrected chi connectivity index (χ1v) is 18.7. The minimum absolute atomic E-state index is 0.801. The molecule has 6 nitrogen and oxygen atoms in total.